The Labute approximate surface area is 159 Å². The van der Waals surface area contributed by atoms with E-state index < -0.39 is 5.60 Å². The number of nitrogens with zero attached hydrogens (tertiary/aromatic N) is 1. The molecule has 0 radical (unpaired) electrons. The molecule has 6 aliphatic carbocycles. The molecule has 146 valence electrons. The fourth-order valence-electron chi connectivity index (χ4n) is 8.37. The van der Waals surface area contributed by atoms with Gasteiger partial charge in [-0.05, 0) is 69.6 Å². The number of ketones is 1. The minimum atomic E-state index is -0.503. The molecule has 4 bridgehead atoms. The molecule has 2 amide bonds. The van der Waals surface area contributed by atoms with Gasteiger partial charge in [-0.1, -0.05) is 0 Å². The maximum Gasteiger partial charge on any atom is 0.407 e. The van der Waals surface area contributed by atoms with Gasteiger partial charge in [0.1, 0.15) is 11.4 Å². The van der Waals surface area contributed by atoms with Gasteiger partial charge >= 0.3 is 6.09 Å². The Morgan fingerprint density at radius 1 is 1.15 bits per heavy atom. The topological polar surface area (TPSA) is 75.7 Å². The molecule has 27 heavy (non-hydrogen) atoms. The number of rotatable bonds is 2. The summed E-state index contributed by atoms with van der Waals surface area (Å²) in [5.74, 6) is 3.72. The minimum Gasteiger partial charge on any atom is -0.444 e. The molecule has 6 heteroatoms. The predicted molar refractivity (Wildman–Crippen MR) is 95.5 cm³/mol. The van der Waals surface area contributed by atoms with Crippen LogP contribution in [0.1, 0.15) is 40.0 Å². The number of hydrogen-bond acceptors (Lipinski definition) is 4. The number of hydrogen-bond donors (Lipinski definition) is 1. The number of nitrogens with one attached hydrogen (secondary N) is 1. The van der Waals surface area contributed by atoms with Crippen LogP contribution >= 0.6 is 0 Å². The van der Waals surface area contributed by atoms with Crippen molar-refractivity contribution < 1.29 is 19.1 Å². The molecule has 0 aromatic carbocycles. The highest BCUT2D eigenvalue weighted by Gasteiger charge is 2.96. The van der Waals surface area contributed by atoms with Gasteiger partial charge in [-0.2, -0.15) is 0 Å². The monoisotopic (exact) mass is 372 g/mol. The third-order valence-electron chi connectivity index (χ3n) is 8.74. The van der Waals surface area contributed by atoms with Crippen molar-refractivity contribution >= 4 is 17.8 Å². The molecule has 1 aliphatic heterocycles. The lowest BCUT2D eigenvalue weighted by molar-refractivity contribution is -0.256. The molecule has 1 heterocycles. The number of alkyl carbamates (subject to hydrolysis) is 1. The largest absolute Gasteiger partial charge is 0.444 e. The first-order valence-corrected chi connectivity index (χ1v) is 10.6. The van der Waals surface area contributed by atoms with E-state index in [2.05, 4.69) is 5.32 Å². The van der Waals surface area contributed by atoms with E-state index in [0.29, 0.717) is 48.5 Å². The zero-order chi connectivity index (χ0) is 18.9. The molecule has 0 aromatic heterocycles. The first kappa shape index (κ1) is 16.4. The summed E-state index contributed by atoms with van der Waals surface area (Å²) in [6.45, 7) is 6.90. The zero-order valence-electron chi connectivity index (χ0n) is 16.2. The molecule has 7 aliphatic rings. The van der Waals surface area contributed by atoms with Crippen LogP contribution in [0.2, 0.25) is 0 Å². The van der Waals surface area contributed by atoms with Gasteiger partial charge in [-0.25, -0.2) is 4.79 Å². The second-order valence-corrected chi connectivity index (χ2v) is 10.7. The lowest BCUT2D eigenvalue weighted by Crippen LogP contribution is -2.76. The maximum atomic E-state index is 13.5. The van der Waals surface area contributed by atoms with E-state index in [-0.39, 0.29) is 35.3 Å². The van der Waals surface area contributed by atoms with Crippen molar-refractivity contribution in [2.75, 3.05) is 13.1 Å². The summed E-state index contributed by atoms with van der Waals surface area (Å²) in [5.41, 5.74) is -0.799. The van der Waals surface area contributed by atoms with Crippen molar-refractivity contribution in [3.63, 3.8) is 0 Å². The zero-order valence-corrected chi connectivity index (χ0v) is 16.2. The molecular formula is C21H28N2O4. The quantitative estimate of drug-likeness (QED) is 0.802. The molecule has 0 unspecified atom stereocenters. The lowest BCUT2D eigenvalue weighted by Gasteiger charge is -2.71. The third kappa shape index (κ3) is 1.68. The van der Waals surface area contributed by atoms with E-state index in [4.69, 9.17) is 4.74 Å². The number of carbonyl (C=O) groups excluding carboxylic acids is 3. The molecule has 7 rings (SSSR count). The predicted octanol–water partition coefficient (Wildman–Crippen LogP) is 1.83. The van der Waals surface area contributed by atoms with Crippen LogP contribution in [0.5, 0.6) is 0 Å². The van der Waals surface area contributed by atoms with Crippen molar-refractivity contribution in [1.82, 2.24) is 10.2 Å². The second-order valence-electron chi connectivity index (χ2n) is 10.7. The molecule has 0 spiro atoms. The summed E-state index contributed by atoms with van der Waals surface area (Å²) >= 11 is 0. The Hall–Kier alpha value is -1.59. The summed E-state index contributed by atoms with van der Waals surface area (Å²) < 4.78 is 5.33. The van der Waals surface area contributed by atoms with E-state index in [9.17, 15) is 14.4 Å². The highest BCUT2D eigenvalue weighted by Crippen LogP contribution is 2.93. The Kier molecular flexibility index (Phi) is 2.84. The van der Waals surface area contributed by atoms with E-state index in [1.54, 1.807) is 0 Å². The summed E-state index contributed by atoms with van der Waals surface area (Å²) in [5, 5.41) is 2.94. The first-order chi connectivity index (χ1) is 12.7. The van der Waals surface area contributed by atoms with E-state index in [1.807, 2.05) is 25.7 Å². The molecular weight excluding hydrogens is 344 g/mol. The maximum absolute atomic E-state index is 13.5. The van der Waals surface area contributed by atoms with Gasteiger partial charge in [-0.3, -0.25) is 9.59 Å². The summed E-state index contributed by atoms with van der Waals surface area (Å²) in [7, 11) is 0. The lowest BCUT2D eigenvalue weighted by atomic mass is 9.31. The second kappa shape index (κ2) is 4.69. The Balaban J connectivity index is 1.11. The average molecular weight is 372 g/mol. The van der Waals surface area contributed by atoms with Crippen LogP contribution in [0.3, 0.4) is 0 Å². The van der Waals surface area contributed by atoms with Crippen molar-refractivity contribution in [2.24, 2.45) is 46.8 Å². The van der Waals surface area contributed by atoms with Crippen molar-refractivity contribution in [3.8, 4) is 0 Å². The van der Waals surface area contributed by atoms with Crippen LogP contribution in [0.25, 0.3) is 0 Å². The van der Waals surface area contributed by atoms with Gasteiger partial charge in [0, 0.05) is 31.0 Å². The normalized spacial score (nSPS) is 48.5. The van der Waals surface area contributed by atoms with Gasteiger partial charge in [0.25, 0.3) is 0 Å². The standard InChI is InChI=1S/C21H28N2O4/c1-20(2,3)27-19(26)22-9-4-6-23(7-5-9)18(25)21-14-11-8-10-12(14)16(21)17(24)13(10)15(11)21/h9-16H,4-8H2,1-3H3,(H,22,26)/t10-,11+,12-,13-,14-,15-,16+,21-/m0/s1. The smallest absolute Gasteiger partial charge is 0.407 e. The summed E-state index contributed by atoms with van der Waals surface area (Å²) in [6, 6.07) is 0.0551. The average Bonchev–Trinajstić information content (AvgIpc) is 3.08. The number of Topliss-reactive ketones (excluding diaryl/α,β-unsaturated/α-hetero) is 1. The van der Waals surface area contributed by atoms with Crippen molar-refractivity contribution in [1.29, 1.82) is 0 Å². The van der Waals surface area contributed by atoms with Gasteiger partial charge in [0.2, 0.25) is 5.91 Å². The number of likely N-dealkylation sites (tertiary alicyclic amines) is 1. The van der Waals surface area contributed by atoms with E-state index >= 15 is 0 Å². The molecule has 8 atom stereocenters. The van der Waals surface area contributed by atoms with Crippen LogP contribution < -0.4 is 5.32 Å². The number of ether oxygens (including phenoxy) is 1. The number of carbonyl (C=O) groups is 3. The van der Waals surface area contributed by atoms with Crippen molar-refractivity contribution in [3.05, 3.63) is 0 Å². The Bertz CT molecular complexity index is 765. The first-order valence-electron chi connectivity index (χ1n) is 10.6. The van der Waals surface area contributed by atoms with Crippen LogP contribution in [-0.2, 0) is 14.3 Å². The molecule has 6 saturated carbocycles. The fourth-order valence-corrected chi connectivity index (χ4v) is 8.37. The van der Waals surface area contributed by atoms with E-state index in [1.165, 1.54) is 6.42 Å². The minimum absolute atomic E-state index is 0.0551. The molecule has 1 saturated heterocycles. The molecule has 7 fully saturated rings. The van der Waals surface area contributed by atoms with E-state index in [0.717, 1.165) is 12.8 Å². The summed E-state index contributed by atoms with van der Waals surface area (Å²) in [4.78, 5) is 40.2. The molecule has 0 aromatic rings. The SMILES string of the molecule is CC(C)(C)OC(=O)NC1CCN(C(=O)[C@@]23[C@H]4[C@@H]5C[C@@H]6[C@@H]4C(=O)[C@H]2[C@@H]6[C@H]53)CC1. The highest BCUT2D eigenvalue weighted by molar-refractivity contribution is 6.04. The van der Waals surface area contributed by atoms with Gasteiger partial charge < -0.3 is 15.0 Å². The third-order valence-corrected chi connectivity index (χ3v) is 8.74. The van der Waals surface area contributed by atoms with Gasteiger partial charge in [0.15, 0.2) is 0 Å². The van der Waals surface area contributed by atoms with Gasteiger partial charge in [-0.15, -0.1) is 0 Å². The number of amides is 2. The summed E-state index contributed by atoms with van der Waals surface area (Å²) in [6.07, 6.45) is 2.35. The van der Waals surface area contributed by atoms with Crippen LogP contribution in [-0.4, -0.2) is 47.4 Å². The van der Waals surface area contributed by atoms with Gasteiger partial charge in [0.05, 0.1) is 5.41 Å². The molecule has 1 N–H and O–H groups in total. The highest BCUT2D eigenvalue weighted by atomic mass is 16.6. The van der Waals surface area contributed by atoms with Crippen molar-refractivity contribution in [2.45, 2.75) is 51.7 Å². The Morgan fingerprint density at radius 2 is 1.85 bits per heavy atom. The Morgan fingerprint density at radius 3 is 2.48 bits per heavy atom. The molecule has 6 nitrogen and oxygen atoms in total. The fraction of sp³-hybridized carbons (Fsp3) is 0.857. The van der Waals surface area contributed by atoms with Crippen LogP contribution in [0.15, 0.2) is 0 Å². The van der Waals surface area contributed by atoms with Crippen LogP contribution in [0, 0.1) is 46.8 Å². The van der Waals surface area contributed by atoms with Crippen LogP contribution in [0.4, 0.5) is 4.79 Å². The number of piperidine rings is 1.